The maximum atomic E-state index is 13.4. The van der Waals surface area contributed by atoms with Crippen LogP contribution in [0, 0.1) is 35.5 Å². The van der Waals surface area contributed by atoms with Crippen molar-refractivity contribution in [1.29, 1.82) is 0 Å². The van der Waals surface area contributed by atoms with E-state index in [2.05, 4.69) is 80.0 Å². The molecule has 2 heteroatoms. The fraction of sp³-hybridized carbons (Fsp3) is 0.613. The van der Waals surface area contributed by atoms with Gasteiger partial charge < -0.3 is 0 Å². The van der Waals surface area contributed by atoms with Crippen LogP contribution in [0.3, 0.4) is 0 Å². The molecule has 5 atom stereocenters. The quantitative estimate of drug-likeness (QED) is 0.189. The first-order valence-electron chi connectivity index (χ1n) is 12.7. The Kier molecular flexibility index (Phi) is 15.2. The summed E-state index contributed by atoms with van der Waals surface area (Å²) in [5.74, 6) is 1.10. The van der Waals surface area contributed by atoms with Gasteiger partial charge in [0.15, 0.2) is 11.7 Å². The van der Waals surface area contributed by atoms with E-state index in [0.717, 1.165) is 54.2 Å². The highest BCUT2D eigenvalue weighted by molar-refractivity contribution is 5.28. The second-order valence-corrected chi connectivity index (χ2v) is 10.7. The van der Waals surface area contributed by atoms with Crippen molar-refractivity contribution in [2.75, 3.05) is 0 Å². The Morgan fingerprint density at radius 1 is 0.576 bits per heavy atom. The average molecular weight is 461 g/mol. The molecule has 0 saturated carbocycles. The molecule has 188 valence electrons. The molecule has 0 aromatic carbocycles. The van der Waals surface area contributed by atoms with Crippen molar-refractivity contribution in [3.05, 3.63) is 72.9 Å². The van der Waals surface area contributed by atoms with E-state index in [0.29, 0.717) is 17.4 Å². The third kappa shape index (κ3) is 13.6. The average Bonchev–Trinajstić information content (AvgIpc) is 2.76. The van der Waals surface area contributed by atoms with E-state index >= 15 is 0 Å². The van der Waals surface area contributed by atoms with Crippen LogP contribution >= 0.6 is 0 Å². The number of halogens is 2. The first-order chi connectivity index (χ1) is 15.3. The second kappa shape index (κ2) is 16.0. The van der Waals surface area contributed by atoms with Crippen molar-refractivity contribution in [1.82, 2.24) is 0 Å². The predicted octanol–water partition coefficient (Wildman–Crippen LogP) is 10.7. The van der Waals surface area contributed by atoms with Crippen molar-refractivity contribution in [2.45, 2.75) is 87.0 Å². The lowest BCUT2D eigenvalue weighted by molar-refractivity contribution is 0.306. The standard InChI is InChI=1S/C31H50F2/c1-21(2)12-13-22(3)23(4)14-15-24(5)25(6)16-17-26(7)27(8)18-19-28(9)29(10)20-31(33)30(11)32/h16-17,20-24,27-28H,6-7,10-15,18-19H2,1-5,8-9H3/b17-16-,31-20+. The van der Waals surface area contributed by atoms with Gasteiger partial charge in [0.2, 0.25) is 0 Å². The number of rotatable bonds is 17. The molecule has 0 aliphatic rings. The second-order valence-electron chi connectivity index (χ2n) is 10.7. The van der Waals surface area contributed by atoms with E-state index in [1.807, 2.05) is 6.92 Å². The Balaban J connectivity index is 4.51. The summed E-state index contributed by atoms with van der Waals surface area (Å²) in [4.78, 5) is 0. The Labute approximate surface area is 204 Å². The lowest BCUT2D eigenvalue weighted by Gasteiger charge is -2.22. The van der Waals surface area contributed by atoms with Crippen LogP contribution in [-0.2, 0) is 0 Å². The molecule has 0 aliphatic carbocycles. The van der Waals surface area contributed by atoms with E-state index in [1.54, 1.807) is 0 Å². The largest absolute Gasteiger partial charge is 0.204 e. The highest BCUT2D eigenvalue weighted by Gasteiger charge is 2.15. The molecule has 0 N–H and O–H groups in total. The molecule has 0 fully saturated rings. The summed E-state index contributed by atoms with van der Waals surface area (Å²) in [6.45, 7) is 31.1. The van der Waals surface area contributed by atoms with Crippen LogP contribution in [0.4, 0.5) is 8.78 Å². The van der Waals surface area contributed by atoms with Crippen LogP contribution in [0.1, 0.15) is 87.0 Å². The van der Waals surface area contributed by atoms with Crippen LogP contribution in [0.2, 0.25) is 0 Å². The molecular formula is C31H50F2. The number of hydrogen-bond acceptors (Lipinski definition) is 0. The molecule has 33 heavy (non-hydrogen) atoms. The normalized spacial score (nSPS) is 17.0. The summed E-state index contributed by atoms with van der Waals surface area (Å²) in [6.07, 6.45) is 12.1. The van der Waals surface area contributed by atoms with Gasteiger partial charge in [-0.3, -0.25) is 0 Å². The molecule has 0 nitrogen and oxygen atoms in total. The van der Waals surface area contributed by atoms with E-state index in [-0.39, 0.29) is 5.92 Å². The smallest absolute Gasteiger partial charge is 0.158 e. The summed E-state index contributed by atoms with van der Waals surface area (Å²) in [5.41, 5.74) is 2.80. The van der Waals surface area contributed by atoms with E-state index in [4.69, 9.17) is 0 Å². The first kappa shape index (κ1) is 31.3. The SMILES string of the molecule is C=C(F)/C(F)=C\C(=C)C(C)CCC(C)C(=C)/C=C\C(=C)C(C)CCC(C)C(C)CCC(C)C. The minimum atomic E-state index is -1.06. The molecule has 0 saturated heterocycles. The zero-order valence-electron chi connectivity index (χ0n) is 22.5. The molecule has 0 bridgehead atoms. The minimum Gasteiger partial charge on any atom is -0.204 e. The summed E-state index contributed by atoms with van der Waals surface area (Å²) in [7, 11) is 0. The first-order valence-corrected chi connectivity index (χ1v) is 12.7. The predicted molar refractivity (Wildman–Crippen MR) is 144 cm³/mol. The molecular weight excluding hydrogens is 410 g/mol. The van der Waals surface area contributed by atoms with Gasteiger partial charge in [-0.05, 0) is 72.8 Å². The van der Waals surface area contributed by atoms with Gasteiger partial charge in [-0.2, -0.15) is 0 Å². The van der Waals surface area contributed by atoms with Gasteiger partial charge in [0.25, 0.3) is 0 Å². The van der Waals surface area contributed by atoms with Crippen LogP contribution < -0.4 is 0 Å². The fourth-order valence-electron chi connectivity index (χ4n) is 3.66. The summed E-state index contributed by atoms with van der Waals surface area (Å²) < 4.78 is 26.2. The van der Waals surface area contributed by atoms with Crippen molar-refractivity contribution < 1.29 is 8.78 Å². The van der Waals surface area contributed by atoms with Gasteiger partial charge in [-0.1, -0.05) is 111 Å². The van der Waals surface area contributed by atoms with Crippen molar-refractivity contribution >= 4 is 0 Å². The molecule has 0 aromatic heterocycles. The van der Waals surface area contributed by atoms with E-state index < -0.39 is 11.7 Å². The van der Waals surface area contributed by atoms with Crippen LogP contribution in [0.25, 0.3) is 0 Å². The maximum Gasteiger partial charge on any atom is 0.158 e. The Morgan fingerprint density at radius 2 is 0.939 bits per heavy atom. The van der Waals surface area contributed by atoms with E-state index in [9.17, 15) is 8.78 Å². The van der Waals surface area contributed by atoms with Gasteiger partial charge in [-0.25, -0.2) is 8.78 Å². The van der Waals surface area contributed by atoms with Crippen LogP contribution in [0.15, 0.2) is 72.9 Å². The lowest BCUT2D eigenvalue weighted by Crippen LogP contribution is -2.11. The number of allylic oxidation sites excluding steroid dienone is 8. The zero-order chi connectivity index (χ0) is 25.7. The molecule has 0 rings (SSSR count). The molecule has 0 radical (unpaired) electrons. The molecule has 0 spiro atoms. The molecule has 0 heterocycles. The summed E-state index contributed by atoms with van der Waals surface area (Å²) >= 11 is 0. The van der Waals surface area contributed by atoms with Crippen molar-refractivity contribution in [3.8, 4) is 0 Å². The Bertz CT molecular complexity index is 706. The lowest BCUT2D eigenvalue weighted by atomic mass is 9.83. The van der Waals surface area contributed by atoms with Crippen molar-refractivity contribution in [3.63, 3.8) is 0 Å². The molecule has 5 unspecified atom stereocenters. The van der Waals surface area contributed by atoms with Gasteiger partial charge in [0.05, 0.1) is 0 Å². The summed E-state index contributed by atoms with van der Waals surface area (Å²) in [6, 6.07) is 0. The van der Waals surface area contributed by atoms with Crippen LogP contribution in [-0.4, -0.2) is 0 Å². The monoisotopic (exact) mass is 460 g/mol. The van der Waals surface area contributed by atoms with Gasteiger partial charge in [0.1, 0.15) is 0 Å². The Hall–Kier alpha value is -1.70. The highest BCUT2D eigenvalue weighted by atomic mass is 19.2. The molecule has 0 aliphatic heterocycles. The number of hydrogen-bond donors (Lipinski definition) is 0. The van der Waals surface area contributed by atoms with Crippen molar-refractivity contribution in [2.24, 2.45) is 35.5 Å². The minimum absolute atomic E-state index is 0.0641. The van der Waals surface area contributed by atoms with Gasteiger partial charge >= 0.3 is 0 Å². The van der Waals surface area contributed by atoms with Crippen LogP contribution in [0.5, 0.6) is 0 Å². The molecule has 0 amide bonds. The van der Waals surface area contributed by atoms with Gasteiger partial charge in [-0.15, -0.1) is 0 Å². The molecule has 0 aromatic rings. The maximum absolute atomic E-state index is 13.4. The third-order valence-corrected chi connectivity index (χ3v) is 7.24. The Morgan fingerprint density at radius 3 is 1.33 bits per heavy atom. The zero-order valence-corrected chi connectivity index (χ0v) is 22.5. The highest BCUT2D eigenvalue weighted by Crippen LogP contribution is 2.28. The van der Waals surface area contributed by atoms with Gasteiger partial charge in [0, 0.05) is 0 Å². The van der Waals surface area contributed by atoms with E-state index in [1.165, 1.54) is 19.3 Å². The summed E-state index contributed by atoms with van der Waals surface area (Å²) in [5, 5.41) is 0. The topological polar surface area (TPSA) is 0 Å². The fourth-order valence-corrected chi connectivity index (χ4v) is 3.66. The third-order valence-electron chi connectivity index (χ3n) is 7.24.